The smallest absolute Gasteiger partial charge is 0.0610 e. The molecule has 0 amide bonds. The van der Waals surface area contributed by atoms with Gasteiger partial charge in [-0.2, -0.15) is 0 Å². The third kappa shape index (κ3) is 3.72. The number of hydrogen-bond donors (Lipinski definition) is 2. The molecule has 2 N–H and O–H groups in total. The SMILES string of the molecule is CNC(C)(CO)CCCN1CC(C)C(C)C1. The highest BCUT2D eigenvalue weighted by Gasteiger charge is 2.26. The number of rotatable bonds is 6. The largest absolute Gasteiger partial charge is 0.394 e. The van der Waals surface area contributed by atoms with Crippen molar-refractivity contribution < 1.29 is 5.11 Å². The summed E-state index contributed by atoms with van der Waals surface area (Å²) < 4.78 is 0. The van der Waals surface area contributed by atoms with Crippen molar-refractivity contribution in [2.75, 3.05) is 33.3 Å². The number of nitrogens with zero attached hydrogens (tertiary/aromatic N) is 1. The van der Waals surface area contributed by atoms with Crippen molar-refractivity contribution in [3.63, 3.8) is 0 Å². The molecular weight excluding hydrogens is 200 g/mol. The first-order valence-corrected chi connectivity index (χ1v) is 6.53. The highest BCUT2D eigenvalue weighted by atomic mass is 16.3. The Morgan fingerprint density at radius 3 is 2.31 bits per heavy atom. The molecule has 16 heavy (non-hydrogen) atoms. The van der Waals surface area contributed by atoms with E-state index in [-0.39, 0.29) is 12.1 Å². The van der Waals surface area contributed by atoms with E-state index in [1.54, 1.807) is 0 Å². The van der Waals surface area contributed by atoms with Crippen LogP contribution in [0.4, 0.5) is 0 Å². The molecular formula is C13H28N2O. The Hall–Kier alpha value is -0.120. The van der Waals surface area contributed by atoms with Crippen LogP contribution >= 0.6 is 0 Å². The maximum Gasteiger partial charge on any atom is 0.0610 e. The number of hydrogen-bond acceptors (Lipinski definition) is 3. The zero-order chi connectivity index (χ0) is 12.2. The van der Waals surface area contributed by atoms with Crippen molar-refractivity contribution in [1.82, 2.24) is 10.2 Å². The number of likely N-dealkylation sites (N-methyl/N-ethyl adjacent to an activating group) is 1. The van der Waals surface area contributed by atoms with E-state index >= 15 is 0 Å². The van der Waals surface area contributed by atoms with Gasteiger partial charge in [0.15, 0.2) is 0 Å². The Bertz CT molecular complexity index is 194. The van der Waals surface area contributed by atoms with E-state index in [0.717, 1.165) is 24.7 Å². The lowest BCUT2D eigenvalue weighted by atomic mass is 9.97. The van der Waals surface area contributed by atoms with E-state index < -0.39 is 0 Å². The molecule has 1 rings (SSSR count). The molecule has 1 saturated heterocycles. The Balaban J connectivity index is 2.21. The minimum Gasteiger partial charge on any atom is -0.394 e. The van der Waals surface area contributed by atoms with Crippen LogP contribution in [0.25, 0.3) is 0 Å². The molecule has 0 saturated carbocycles. The first kappa shape index (κ1) is 13.9. The van der Waals surface area contributed by atoms with Crippen LogP contribution in [0.1, 0.15) is 33.6 Å². The molecule has 0 aromatic rings. The summed E-state index contributed by atoms with van der Waals surface area (Å²) in [6.45, 7) is 10.7. The minimum atomic E-state index is -0.100. The summed E-state index contributed by atoms with van der Waals surface area (Å²) in [5, 5.41) is 12.5. The van der Waals surface area contributed by atoms with E-state index in [2.05, 4.69) is 31.0 Å². The summed E-state index contributed by atoms with van der Waals surface area (Å²) in [5.41, 5.74) is -0.100. The first-order chi connectivity index (χ1) is 7.50. The van der Waals surface area contributed by atoms with Crippen LogP contribution in [0.2, 0.25) is 0 Å². The van der Waals surface area contributed by atoms with Crippen LogP contribution in [0, 0.1) is 11.8 Å². The second-order valence-corrected chi connectivity index (χ2v) is 5.79. The van der Waals surface area contributed by atoms with Crippen molar-refractivity contribution in [1.29, 1.82) is 0 Å². The van der Waals surface area contributed by atoms with Gasteiger partial charge < -0.3 is 15.3 Å². The van der Waals surface area contributed by atoms with Gasteiger partial charge in [-0.25, -0.2) is 0 Å². The van der Waals surface area contributed by atoms with E-state index in [1.807, 2.05) is 7.05 Å². The topological polar surface area (TPSA) is 35.5 Å². The molecule has 1 heterocycles. The highest BCUT2D eigenvalue weighted by molar-refractivity contribution is 4.82. The fourth-order valence-corrected chi connectivity index (χ4v) is 2.41. The van der Waals surface area contributed by atoms with Crippen LogP contribution in [-0.2, 0) is 0 Å². The van der Waals surface area contributed by atoms with Gasteiger partial charge in [0, 0.05) is 18.6 Å². The van der Waals surface area contributed by atoms with Crippen LogP contribution in [-0.4, -0.2) is 48.8 Å². The van der Waals surface area contributed by atoms with E-state index in [0.29, 0.717) is 0 Å². The Labute approximate surface area is 100 Å². The fourth-order valence-electron chi connectivity index (χ4n) is 2.41. The molecule has 1 fully saturated rings. The van der Waals surface area contributed by atoms with Crippen LogP contribution in [0.5, 0.6) is 0 Å². The van der Waals surface area contributed by atoms with Crippen LogP contribution in [0.3, 0.4) is 0 Å². The van der Waals surface area contributed by atoms with Gasteiger partial charge in [0.1, 0.15) is 0 Å². The predicted molar refractivity (Wildman–Crippen MR) is 68.6 cm³/mol. The zero-order valence-electron chi connectivity index (χ0n) is 11.3. The van der Waals surface area contributed by atoms with Gasteiger partial charge in [-0.15, -0.1) is 0 Å². The van der Waals surface area contributed by atoms with Gasteiger partial charge in [-0.1, -0.05) is 13.8 Å². The average molecular weight is 228 g/mol. The van der Waals surface area contributed by atoms with E-state index in [1.165, 1.54) is 19.6 Å². The second kappa shape index (κ2) is 5.99. The first-order valence-electron chi connectivity index (χ1n) is 6.53. The summed E-state index contributed by atoms with van der Waals surface area (Å²) in [6, 6.07) is 0. The monoisotopic (exact) mass is 228 g/mol. The zero-order valence-corrected chi connectivity index (χ0v) is 11.3. The van der Waals surface area contributed by atoms with Crippen LogP contribution in [0.15, 0.2) is 0 Å². The van der Waals surface area contributed by atoms with Crippen molar-refractivity contribution in [3.05, 3.63) is 0 Å². The predicted octanol–water partition coefficient (Wildman–Crippen LogP) is 1.32. The quantitative estimate of drug-likeness (QED) is 0.720. The molecule has 3 atom stereocenters. The van der Waals surface area contributed by atoms with E-state index in [4.69, 9.17) is 0 Å². The molecule has 0 bridgehead atoms. The summed E-state index contributed by atoms with van der Waals surface area (Å²) in [5.74, 6) is 1.68. The Kier molecular flexibility index (Phi) is 5.22. The standard InChI is InChI=1S/C13H28N2O/c1-11-8-15(9-12(11)2)7-5-6-13(3,10-16)14-4/h11-12,14,16H,5-10H2,1-4H3. The van der Waals surface area contributed by atoms with Gasteiger partial charge >= 0.3 is 0 Å². The molecule has 3 nitrogen and oxygen atoms in total. The normalized spacial score (nSPS) is 30.6. The molecule has 0 radical (unpaired) electrons. The van der Waals surface area contributed by atoms with Gasteiger partial charge in [0.25, 0.3) is 0 Å². The van der Waals surface area contributed by atoms with Crippen molar-refractivity contribution >= 4 is 0 Å². The molecule has 0 aliphatic carbocycles. The number of aliphatic hydroxyl groups excluding tert-OH is 1. The molecule has 3 unspecified atom stereocenters. The molecule has 1 aliphatic rings. The average Bonchev–Trinajstić information content (AvgIpc) is 2.58. The third-order valence-electron chi connectivity index (χ3n) is 4.22. The molecule has 96 valence electrons. The van der Waals surface area contributed by atoms with Crippen molar-refractivity contribution in [3.8, 4) is 0 Å². The molecule has 3 heteroatoms. The van der Waals surface area contributed by atoms with Crippen molar-refractivity contribution in [2.24, 2.45) is 11.8 Å². The van der Waals surface area contributed by atoms with Gasteiger partial charge in [-0.3, -0.25) is 0 Å². The summed E-state index contributed by atoms with van der Waals surface area (Å²) in [4.78, 5) is 2.56. The lowest BCUT2D eigenvalue weighted by Gasteiger charge is -2.27. The maximum absolute atomic E-state index is 9.29. The Morgan fingerprint density at radius 2 is 1.88 bits per heavy atom. The molecule has 0 aromatic heterocycles. The second-order valence-electron chi connectivity index (χ2n) is 5.79. The summed E-state index contributed by atoms with van der Waals surface area (Å²) in [6.07, 6.45) is 2.20. The van der Waals surface area contributed by atoms with Gasteiger partial charge in [0.2, 0.25) is 0 Å². The number of aliphatic hydroxyl groups is 1. The lowest BCUT2D eigenvalue weighted by molar-refractivity contribution is 0.166. The van der Waals surface area contributed by atoms with Crippen LogP contribution < -0.4 is 5.32 Å². The summed E-state index contributed by atoms with van der Waals surface area (Å²) in [7, 11) is 1.93. The van der Waals surface area contributed by atoms with Gasteiger partial charge in [-0.05, 0) is 45.2 Å². The van der Waals surface area contributed by atoms with Gasteiger partial charge in [0.05, 0.1) is 6.61 Å². The Morgan fingerprint density at radius 1 is 1.31 bits per heavy atom. The van der Waals surface area contributed by atoms with Crippen molar-refractivity contribution in [2.45, 2.75) is 39.2 Å². The fraction of sp³-hybridized carbons (Fsp3) is 1.00. The maximum atomic E-state index is 9.29. The molecule has 1 aliphatic heterocycles. The highest BCUT2D eigenvalue weighted by Crippen LogP contribution is 2.22. The summed E-state index contributed by atoms with van der Waals surface area (Å²) >= 11 is 0. The minimum absolute atomic E-state index is 0.100. The molecule has 0 aromatic carbocycles. The number of likely N-dealkylation sites (tertiary alicyclic amines) is 1. The van der Waals surface area contributed by atoms with E-state index in [9.17, 15) is 5.11 Å². The molecule has 0 spiro atoms. The third-order valence-corrected chi connectivity index (χ3v) is 4.22. The number of nitrogens with one attached hydrogen (secondary N) is 1. The lowest BCUT2D eigenvalue weighted by Crippen LogP contribution is -2.43.